The molecule has 0 saturated heterocycles. The average Bonchev–Trinajstić information content (AvgIpc) is 2.27. The highest BCUT2D eigenvalue weighted by atomic mass is 16.5. The van der Waals surface area contributed by atoms with Crippen molar-refractivity contribution in [2.45, 2.75) is 26.2 Å². The highest BCUT2D eigenvalue weighted by Gasteiger charge is 2.05. The number of unbranched alkanes of at least 4 members (excludes halogenated alkanes) is 1. The third kappa shape index (κ3) is 3.58. The normalized spacial score (nSPS) is 9.67. The van der Waals surface area contributed by atoms with Crippen LogP contribution in [0.2, 0.25) is 0 Å². The first-order valence-corrected chi connectivity index (χ1v) is 5.18. The van der Waals surface area contributed by atoms with Crippen LogP contribution in [0.15, 0.2) is 37.1 Å². The van der Waals surface area contributed by atoms with Crippen LogP contribution in [0.25, 0.3) is 0 Å². The summed E-state index contributed by atoms with van der Waals surface area (Å²) in [6, 6.07) is 7.18. The standard InChI is InChI=1S/C13H16O2/c1-3-5-9-13(14)11-7-6-8-12(10-11)15-4-2/h4,6-8,10H,2-3,5,9H2,1H3. The molecule has 1 aromatic carbocycles. The Bertz CT molecular complexity index is 342. The molecular weight excluding hydrogens is 188 g/mol. The molecule has 0 radical (unpaired) electrons. The number of benzene rings is 1. The van der Waals surface area contributed by atoms with Crippen LogP contribution in [0.4, 0.5) is 0 Å². The third-order valence-corrected chi connectivity index (χ3v) is 2.13. The number of carbonyl (C=O) groups excluding carboxylic acids is 1. The van der Waals surface area contributed by atoms with E-state index in [9.17, 15) is 4.79 Å². The summed E-state index contributed by atoms with van der Waals surface area (Å²) in [6.07, 6.45) is 3.93. The van der Waals surface area contributed by atoms with E-state index in [-0.39, 0.29) is 5.78 Å². The van der Waals surface area contributed by atoms with Gasteiger partial charge in [0.25, 0.3) is 0 Å². The van der Waals surface area contributed by atoms with E-state index in [1.165, 1.54) is 6.26 Å². The Kier molecular flexibility index (Phi) is 4.61. The highest BCUT2D eigenvalue weighted by Crippen LogP contribution is 2.15. The quantitative estimate of drug-likeness (QED) is 0.523. The Morgan fingerprint density at radius 2 is 2.33 bits per heavy atom. The summed E-state index contributed by atoms with van der Waals surface area (Å²) < 4.78 is 5.11. The van der Waals surface area contributed by atoms with Gasteiger partial charge in [0.1, 0.15) is 5.75 Å². The number of carbonyl (C=O) groups is 1. The van der Waals surface area contributed by atoms with Gasteiger partial charge in [-0.15, -0.1) is 0 Å². The van der Waals surface area contributed by atoms with Gasteiger partial charge in [-0.3, -0.25) is 4.79 Å². The number of rotatable bonds is 6. The maximum Gasteiger partial charge on any atom is 0.163 e. The molecule has 0 fully saturated rings. The maximum atomic E-state index is 11.7. The summed E-state index contributed by atoms with van der Waals surface area (Å²) >= 11 is 0. The third-order valence-electron chi connectivity index (χ3n) is 2.13. The van der Waals surface area contributed by atoms with Crippen LogP contribution in [0.5, 0.6) is 5.75 Å². The molecule has 2 heteroatoms. The van der Waals surface area contributed by atoms with E-state index in [1.807, 2.05) is 12.1 Å². The molecule has 0 amide bonds. The van der Waals surface area contributed by atoms with Gasteiger partial charge in [0.05, 0.1) is 6.26 Å². The fourth-order valence-electron chi connectivity index (χ4n) is 1.32. The van der Waals surface area contributed by atoms with Gasteiger partial charge in [0, 0.05) is 12.0 Å². The molecule has 0 N–H and O–H groups in total. The van der Waals surface area contributed by atoms with Crippen LogP contribution < -0.4 is 4.74 Å². The summed E-state index contributed by atoms with van der Waals surface area (Å²) in [5.41, 5.74) is 0.711. The van der Waals surface area contributed by atoms with Crippen molar-refractivity contribution in [3.8, 4) is 5.75 Å². The Morgan fingerprint density at radius 1 is 1.53 bits per heavy atom. The number of hydrogen-bond acceptors (Lipinski definition) is 2. The van der Waals surface area contributed by atoms with Crippen molar-refractivity contribution in [1.82, 2.24) is 0 Å². The van der Waals surface area contributed by atoms with E-state index in [1.54, 1.807) is 12.1 Å². The van der Waals surface area contributed by atoms with Crippen molar-refractivity contribution in [1.29, 1.82) is 0 Å². The molecule has 0 aliphatic heterocycles. The first-order chi connectivity index (χ1) is 7.27. The molecule has 0 bridgehead atoms. The monoisotopic (exact) mass is 204 g/mol. The number of hydrogen-bond donors (Lipinski definition) is 0. The molecule has 0 aliphatic carbocycles. The largest absolute Gasteiger partial charge is 0.466 e. The minimum atomic E-state index is 0.173. The summed E-state index contributed by atoms with van der Waals surface area (Å²) in [5.74, 6) is 0.832. The van der Waals surface area contributed by atoms with Gasteiger partial charge in [-0.05, 0) is 18.6 Å². The lowest BCUT2D eigenvalue weighted by Gasteiger charge is -2.03. The first-order valence-electron chi connectivity index (χ1n) is 5.18. The molecule has 1 aromatic rings. The lowest BCUT2D eigenvalue weighted by atomic mass is 10.1. The van der Waals surface area contributed by atoms with Crippen molar-refractivity contribution >= 4 is 5.78 Å². The van der Waals surface area contributed by atoms with Gasteiger partial charge < -0.3 is 4.74 Å². The molecule has 0 unspecified atom stereocenters. The van der Waals surface area contributed by atoms with E-state index in [0.29, 0.717) is 17.7 Å². The van der Waals surface area contributed by atoms with Gasteiger partial charge in [-0.2, -0.15) is 0 Å². The smallest absolute Gasteiger partial charge is 0.163 e. The number of Topliss-reactive ketones (excluding diaryl/α,β-unsaturated/α-hetero) is 1. The van der Waals surface area contributed by atoms with E-state index in [4.69, 9.17) is 4.74 Å². The summed E-state index contributed by atoms with van der Waals surface area (Å²) in [5, 5.41) is 0. The lowest BCUT2D eigenvalue weighted by Crippen LogP contribution is -1.98. The predicted octanol–water partition coefficient (Wildman–Crippen LogP) is 3.58. The molecule has 0 saturated carbocycles. The van der Waals surface area contributed by atoms with E-state index in [2.05, 4.69) is 13.5 Å². The van der Waals surface area contributed by atoms with Crippen molar-refractivity contribution in [3.05, 3.63) is 42.7 Å². The van der Waals surface area contributed by atoms with Crippen LogP contribution in [0, 0.1) is 0 Å². The Hall–Kier alpha value is -1.57. The topological polar surface area (TPSA) is 26.3 Å². The lowest BCUT2D eigenvalue weighted by molar-refractivity contribution is 0.0979. The maximum absolute atomic E-state index is 11.7. The fourth-order valence-corrected chi connectivity index (χ4v) is 1.32. The van der Waals surface area contributed by atoms with Crippen LogP contribution in [0.3, 0.4) is 0 Å². The van der Waals surface area contributed by atoms with Crippen molar-refractivity contribution in [2.24, 2.45) is 0 Å². The number of ketones is 1. The van der Waals surface area contributed by atoms with Gasteiger partial charge >= 0.3 is 0 Å². The van der Waals surface area contributed by atoms with Crippen molar-refractivity contribution in [3.63, 3.8) is 0 Å². The molecule has 0 heterocycles. The second-order valence-electron chi connectivity index (χ2n) is 3.34. The second-order valence-corrected chi connectivity index (χ2v) is 3.34. The molecular formula is C13H16O2. The molecule has 2 nitrogen and oxygen atoms in total. The summed E-state index contributed by atoms with van der Waals surface area (Å²) in [7, 11) is 0. The Morgan fingerprint density at radius 3 is 3.00 bits per heavy atom. The van der Waals surface area contributed by atoms with E-state index >= 15 is 0 Å². The second kappa shape index (κ2) is 6.02. The van der Waals surface area contributed by atoms with Gasteiger partial charge in [0.15, 0.2) is 5.78 Å². The van der Waals surface area contributed by atoms with Crippen molar-refractivity contribution < 1.29 is 9.53 Å². The minimum absolute atomic E-state index is 0.173. The number of ether oxygens (including phenoxy) is 1. The molecule has 0 atom stereocenters. The molecule has 0 aromatic heterocycles. The molecule has 15 heavy (non-hydrogen) atoms. The van der Waals surface area contributed by atoms with E-state index in [0.717, 1.165) is 12.8 Å². The average molecular weight is 204 g/mol. The zero-order chi connectivity index (χ0) is 11.1. The van der Waals surface area contributed by atoms with Crippen LogP contribution >= 0.6 is 0 Å². The van der Waals surface area contributed by atoms with Gasteiger partial charge in [0.2, 0.25) is 0 Å². The van der Waals surface area contributed by atoms with E-state index < -0.39 is 0 Å². The zero-order valence-corrected chi connectivity index (χ0v) is 9.03. The summed E-state index contributed by atoms with van der Waals surface area (Å²) in [6.45, 7) is 5.55. The van der Waals surface area contributed by atoms with Crippen molar-refractivity contribution in [2.75, 3.05) is 0 Å². The Labute approximate surface area is 90.6 Å². The Balaban J connectivity index is 2.71. The molecule has 0 aliphatic rings. The fraction of sp³-hybridized carbons (Fsp3) is 0.308. The van der Waals surface area contributed by atoms with Gasteiger partial charge in [-0.25, -0.2) is 0 Å². The van der Waals surface area contributed by atoms with Crippen LogP contribution in [0.1, 0.15) is 36.5 Å². The van der Waals surface area contributed by atoms with Crippen LogP contribution in [-0.4, -0.2) is 5.78 Å². The SMILES string of the molecule is C=COc1cccc(C(=O)CCCC)c1. The minimum Gasteiger partial charge on any atom is -0.466 e. The zero-order valence-electron chi connectivity index (χ0n) is 9.03. The predicted molar refractivity (Wildman–Crippen MR) is 61.1 cm³/mol. The first kappa shape index (κ1) is 11.5. The molecule has 80 valence electrons. The molecule has 1 rings (SSSR count). The van der Waals surface area contributed by atoms with Crippen LogP contribution in [-0.2, 0) is 0 Å². The summed E-state index contributed by atoms with van der Waals surface area (Å²) in [4.78, 5) is 11.7. The van der Waals surface area contributed by atoms with Gasteiger partial charge in [-0.1, -0.05) is 32.1 Å². The molecule has 0 spiro atoms. The highest BCUT2D eigenvalue weighted by molar-refractivity contribution is 5.96.